The topological polar surface area (TPSA) is 76.7 Å². The average molecular weight is 440 g/mol. The van der Waals surface area contributed by atoms with E-state index in [1.807, 2.05) is 101 Å². The molecular weight excluding hydrogens is 416 g/mol. The largest absolute Gasteiger partial charge is 0.664 e. The molecule has 2 aromatic carbocycles. The number of carbonyl (C=O) groups is 1. The summed E-state index contributed by atoms with van der Waals surface area (Å²) >= 11 is 0. The number of allylic oxidation sites excluding steroid dienone is 5. The molecule has 0 bridgehead atoms. The van der Waals surface area contributed by atoms with Crippen LogP contribution in [-0.4, -0.2) is 17.6 Å². The minimum Gasteiger partial charge on any atom is -0.664 e. The summed E-state index contributed by atoms with van der Waals surface area (Å²) in [6.45, 7) is 4.34. The molecule has 1 N–H and O–H groups in total. The minimum atomic E-state index is -0.813. The van der Waals surface area contributed by atoms with Gasteiger partial charge in [-0.2, -0.15) is 4.57 Å². The van der Waals surface area contributed by atoms with E-state index in [9.17, 15) is 10.1 Å². The lowest BCUT2D eigenvalue weighted by atomic mass is 9.99. The van der Waals surface area contributed by atoms with Gasteiger partial charge >= 0.3 is 5.97 Å². The molecule has 0 saturated carbocycles. The lowest BCUT2D eigenvalue weighted by Crippen LogP contribution is -2.36. The van der Waals surface area contributed by atoms with Gasteiger partial charge in [0, 0.05) is 36.1 Å². The monoisotopic (exact) mass is 440 g/mol. The third-order valence-corrected chi connectivity index (χ3v) is 5.50. The number of rotatable bonds is 8. The van der Waals surface area contributed by atoms with Gasteiger partial charge in [0.2, 0.25) is 12.1 Å². The minimum absolute atomic E-state index is 0.0764. The summed E-state index contributed by atoms with van der Waals surface area (Å²) in [5, 5.41) is 20.7. The Labute approximate surface area is 192 Å². The summed E-state index contributed by atoms with van der Waals surface area (Å²) in [4.78, 5) is 16.9. The average Bonchev–Trinajstić information content (AvgIpc) is 2.84. The number of benzene rings is 2. The van der Waals surface area contributed by atoms with Crippen molar-refractivity contribution in [1.82, 2.24) is 0 Å². The van der Waals surface area contributed by atoms with Crippen LogP contribution in [0.15, 0.2) is 97.6 Å². The highest BCUT2D eigenvalue weighted by Gasteiger charge is 2.16. The molecule has 0 unspecified atom stereocenters. The van der Waals surface area contributed by atoms with Crippen molar-refractivity contribution in [3.05, 3.63) is 109 Å². The SMILES string of the molecule is C=C(C[n+]1ccc(/C=C/C=C2\C=CN(CCC(=O)O)c3ccccc32)c2ccccc21)O[O-]. The van der Waals surface area contributed by atoms with Crippen LogP contribution in [0.25, 0.3) is 22.6 Å². The summed E-state index contributed by atoms with van der Waals surface area (Å²) in [6.07, 6.45) is 12.0. The summed E-state index contributed by atoms with van der Waals surface area (Å²) in [7, 11) is 0. The van der Waals surface area contributed by atoms with Crippen LogP contribution < -0.4 is 14.7 Å². The van der Waals surface area contributed by atoms with Crippen molar-refractivity contribution in [2.75, 3.05) is 11.4 Å². The van der Waals surface area contributed by atoms with Gasteiger partial charge in [-0.15, -0.1) is 0 Å². The Kier molecular flexibility index (Phi) is 6.66. The van der Waals surface area contributed by atoms with Gasteiger partial charge in [0.1, 0.15) is 5.76 Å². The second-order valence-corrected chi connectivity index (χ2v) is 7.69. The Bertz CT molecular complexity index is 1290. The van der Waals surface area contributed by atoms with Gasteiger partial charge in [-0.3, -0.25) is 4.79 Å². The number of aromatic nitrogens is 1. The van der Waals surface area contributed by atoms with E-state index >= 15 is 0 Å². The quantitative estimate of drug-likeness (QED) is 0.249. The lowest BCUT2D eigenvalue weighted by Gasteiger charge is -2.27. The van der Waals surface area contributed by atoms with E-state index in [0.29, 0.717) is 6.54 Å². The number of anilines is 1. The zero-order valence-corrected chi connectivity index (χ0v) is 18.1. The molecule has 33 heavy (non-hydrogen) atoms. The number of carboxylic acid groups (broad SMARTS) is 1. The predicted molar refractivity (Wildman–Crippen MR) is 127 cm³/mol. The zero-order valence-electron chi connectivity index (χ0n) is 18.1. The van der Waals surface area contributed by atoms with Crippen LogP contribution in [0.2, 0.25) is 0 Å². The predicted octanol–water partition coefficient (Wildman–Crippen LogP) is 3.84. The molecule has 1 aromatic heterocycles. The maximum absolute atomic E-state index is 11.0. The number of carboxylic acids is 1. The highest BCUT2D eigenvalue weighted by atomic mass is 17.1. The van der Waals surface area contributed by atoms with E-state index in [0.717, 1.165) is 33.3 Å². The number of nitrogens with zero attached hydrogens (tertiary/aromatic N) is 2. The van der Waals surface area contributed by atoms with Crippen LogP contribution in [0, 0.1) is 0 Å². The number of hydrogen-bond acceptors (Lipinski definition) is 4. The van der Waals surface area contributed by atoms with Crippen molar-refractivity contribution >= 4 is 34.2 Å². The maximum Gasteiger partial charge on any atom is 0.305 e. The molecule has 6 heteroatoms. The van der Waals surface area contributed by atoms with Gasteiger partial charge in [0.05, 0.1) is 11.8 Å². The molecule has 6 nitrogen and oxygen atoms in total. The summed E-state index contributed by atoms with van der Waals surface area (Å²) in [5.74, 6) is -0.662. The molecule has 3 aromatic rings. The molecule has 166 valence electrons. The number of hydrogen-bond donors (Lipinski definition) is 1. The van der Waals surface area contributed by atoms with Crippen LogP contribution in [-0.2, 0) is 16.2 Å². The maximum atomic E-state index is 11.0. The molecule has 0 radical (unpaired) electrons. The second kappa shape index (κ2) is 9.97. The van der Waals surface area contributed by atoms with Crippen molar-refractivity contribution in [1.29, 1.82) is 0 Å². The van der Waals surface area contributed by atoms with E-state index in [1.165, 1.54) is 0 Å². The Morgan fingerprint density at radius 2 is 1.94 bits per heavy atom. The van der Waals surface area contributed by atoms with E-state index in [1.54, 1.807) is 0 Å². The Morgan fingerprint density at radius 3 is 2.76 bits per heavy atom. The van der Waals surface area contributed by atoms with E-state index in [-0.39, 0.29) is 18.7 Å². The molecule has 4 rings (SSSR count). The van der Waals surface area contributed by atoms with Crippen molar-refractivity contribution in [2.24, 2.45) is 0 Å². The molecule has 1 aliphatic rings. The van der Waals surface area contributed by atoms with Crippen molar-refractivity contribution < 1.29 is 24.6 Å². The van der Waals surface area contributed by atoms with Crippen LogP contribution in [0.5, 0.6) is 0 Å². The number of fused-ring (bicyclic) bond motifs is 2. The summed E-state index contributed by atoms with van der Waals surface area (Å²) in [5.41, 5.74) is 5.12. The van der Waals surface area contributed by atoms with Gasteiger partial charge in [0.15, 0.2) is 6.20 Å². The first-order valence-corrected chi connectivity index (χ1v) is 10.6. The molecule has 0 fully saturated rings. The van der Waals surface area contributed by atoms with Gasteiger partial charge < -0.3 is 20.2 Å². The van der Waals surface area contributed by atoms with Crippen molar-refractivity contribution in [3.63, 3.8) is 0 Å². The molecule has 0 spiro atoms. The van der Waals surface area contributed by atoms with E-state index in [4.69, 9.17) is 5.11 Å². The molecule has 0 saturated heterocycles. The fourth-order valence-electron chi connectivity index (χ4n) is 3.93. The second-order valence-electron chi connectivity index (χ2n) is 7.69. The molecule has 2 heterocycles. The smallest absolute Gasteiger partial charge is 0.305 e. The highest BCUT2D eigenvalue weighted by Crippen LogP contribution is 2.32. The van der Waals surface area contributed by atoms with Crippen molar-refractivity contribution in [3.8, 4) is 0 Å². The van der Waals surface area contributed by atoms with E-state index < -0.39 is 5.97 Å². The number of para-hydroxylation sites is 2. The first-order valence-electron chi connectivity index (χ1n) is 10.6. The Hall–Kier alpha value is -4.16. The van der Waals surface area contributed by atoms with Crippen LogP contribution >= 0.6 is 0 Å². The number of pyridine rings is 1. The molecular formula is C27H24N2O4. The van der Waals surface area contributed by atoms with Crippen molar-refractivity contribution in [2.45, 2.75) is 13.0 Å². The standard InChI is InChI=1S/C27H24N2O4/c1-20(33-32)19-29-17-14-22(24-10-3-5-12-26(24)29)8-6-7-21-13-16-28(18-15-27(30)31)25-11-4-2-9-23(21)25/h2-14,16-17H,1,15,18-19H2,(H-,30,31,32). The fourth-order valence-corrected chi connectivity index (χ4v) is 3.93. The van der Waals surface area contributed by atoms with Crippen LogP contribution in [0.3, 0.4) is 0 Å². The molecule has 0 aliphatic carbocycles. The van der Waals surface area contributed by atoms with Gasteiger partial charge in [-0.1, -0.05) is 55.1 Å². The van der Waals surface area contributed by atoms with Gasteiger partial charge in [-0.05, 0) is 29.3 Å². The van der Waals surface area contributed by atoms with Crippen LogP contribution in [0.4, 0.5) is 5.69 Å². The highest BCUT2D eigenvalue weighted by molar-refractivity contribution is 5.89. The number of aliphatic carboxylic acids is 1. The summed E-state index contributed by atoms with van der Waals surface area (Å²) in [6, 6.07) is 17.9. The normalized spacial score (nSPS) is 14.1. The van der Waals surface area contributed by atoms with Gasteiger partial charge in [-0.25, -0.2) is 0 Å². The van der Waals surface area contributed by atoms with E-state index in [2.05, 4.69) is 11.5 Å². The summed E-state index contributed by atoms with van der Waals surface area (Å²) < 4.78 is 1.93. The Morgan fingerprint density at radius 1 is 1.15 bits per heavy atom. The zero-order chi connectivity index (χ0) is 23.2. The fraction of sp³-hybridized carbons (Fsp3) is 0.111. The molecule has 0 amide bonds. The third-order valence-electron chi connectivity index (χ3n) is 5.50. The van der Waals surface area contributed by atoms with Gasteiger partial charge in [0.25, 0.3) is 0 Å². The first-order chi connectivity index (χ1) is 16.1. The molecule has 0 atom stereocenters. The Balaban J connectivity index is 1.62. The first kappa shape index (κ1) is 22.0. The third kappa shape index (κ3) is 5.02. The molecule has 1 aliphatic heterocycles. The van der Waals surface area contributed by atoms with Crippen LogP contribution in [0.1, 0.15) is 17.5 Å². The lowest BCUT2D eigenvalue weighted by molar-refractivity contribution is -0.708.